The molecule has 1 saturated heterocycles. The summed E-state index contributed by atoms with van der Waals surface area (Å²) < 4.78 is 0. The van der Waals surface area contributed by atoms with Crippen LogP contribution in [-0.2, 0) is 4.79 Å². The van der Waals surface area contributed by atoms with Crippen LogP contribution in [0.15, 0.2) is 12.3 Å². The van der Waals surface area contributed by atoms with Crippen molar-refractivity contribution in [3.8, 4) is 0 Å². The zero-order valence-electron chi connectivity index (χ0n) is 8.76. The Bertz CT molecular complexity index is 492. The van der Waals surface area contributed by atoms with E-state index in [0.29, 0.717) is 6.54 Å². The third-order valence-electron chi connectivity index (χ3n) is 2.52. The van der Waals surface area contributed by atoms with Gasteiger partial charge in [-0.25, -0.2) is 9.78 Å². The fourth-order valence-electron chi connectivity index (χ4n) is 1.78. The number of nitrogens with two attached hydrogens (primary N) is 1. The standard InChI is InChI=1S/C10H10ClN3O3/c11-8-2-7(6(3-13-8)10(16)17)14-4-5(12)1-9(14)15/h2-3,5H,1,4,12H2,(H,16,17). The monoisotopic (exact) mass is 255 g/mol. The van der Waals surface area contributed by atoms with Crippen molar-refractivity contribution in [3.63, 3.8) is 0 Å². The van der Waals surface area contributed by atoms with E-state index in [1.165, 1.54) is 11.0 Å². The van der Waals surface area contributed by atoms with Gasteiger partial charge in [0.25, 0.3) is 0 Å². The number of rotatable bonds is 2. The highest BCUT2D eigenvalue weighted by Crippen LogP contribution is 2.27. The maximum absolute atomic E-state index is 11.7. The van der Waals surface area contributed by atoms with Crippen LogP contribution >= 0.6 is 11.6 Å². The molecule has 0 aliphatic carbocycles. The van der Waals surface area contributed by atoms with Crippen LogP contribution in [0.1, 0.15) is 16.8 Å². The molecule has 0 radical (unpaired) electrons. The zero-order valence-corrected chi connectivity index (χ0v) is 9.52. The second kappa shape index (κ2) is 4.31. The molecule has 17 heavy (non-hydrogen) atoms. The molecule has 6 nitrogen and oxygen atoms in total. The third kappa shape index (κ3) is 2.22. The Kier molecular flexibility index (Phi) is 2.99. The fourth-order valence-corrected chi connectivity index (χ4v) is 1.93. The Labute approximate surface area is 102 Å². The normalized spacial score (nSPS) is 19.8. The van der Waals surface area contributed by atoms with Gasteiger partial charge in [-0.05, 0) is 0 Å². The highest BCUT2D eigenvalue weighted by molar-refractivity contribution is 6.30. The van der Waals surface area contributed by atoms with Crippen LogP contribution in [0, 0.1) is 0 Å². The van der Waals surface area contributed by atoms with Gasteiger partial charge in [-0.15, -0.1) is 0 Å². The molecule has 1 aromatic rings. The maximum Gasteiger partial charge on any atom is 0.339 e. The Hall–Kier alpha value is -1.66. The molecule has 1 atom stereocenters. The molecule has 2 rings (SSSR count). The minimum atomic E-state index is -1.16. The summed E-state index contributed by atoms with van der Waals surface area (Å²) in [5, 5.41) is 9.15. The predicted octanol–water partition coefficient (Wildman–Crippen LogP) is 0.497. The minimum Gasteiger partial charge on any atom is -0.478 e. The van der Waals surface area contributed by atoms with Gasteiger partial charge in [0, 0.05) is 31.3 Å². The van der Waals surface area contributed by atoms with Gasteiger partial charge in [0.1, 0.15) is 10.7 Å². The number of nitrogens with zero attached hydrogens (tertiary/aromatic N) is 2. The van der Waals surface area contributed by atoms with E-state index in [4.69, 9.17) is 22.4 Å². The summed E-state index contributed by atoms with van der Waals surface area (Å²) in [7, 11) is 0. The number of halogens is 1. The highest BCUT2D eigenvalue weighted by Gasteiger charge is 2.31. The number of aromatic nitrogens is 1. The van der Waals surface area contributed by atoms with E-state index in [2.05, 4.69) is 4.98 Å². The number of pyridine rings is 1. The van der Waals surface area contributed by atoms with Crippen molar-refractivity contribution in [3.05, 3.63) is 23.0 Å². The fraction of sp³-hybridized carbons (Fsp3) is 0.300. The summed E-state index contributed by atoms with van der Waals surface area (Å²) in [6.45, 7) is 0.291. The topological polar surface area (TPSA) is 96.5 Å². The van der Waals surface area contributed by atoms with Crippen LogP contribution < -0.4 is 10.6 Å². The summed E-state index contributed by atoms with van der Waals surface area (Å²) in [5.41, 5.74) is 5.85. The number of carboxylic acids is 1. The number of amides is 1. The van der Waals surface area contributed by atoms with Gasteiger partial charge in [-0.2, -0.15) is 0 Å². The quantitative estimate of drug-likeness (QED) is 0.750. The van der Waals surface area contributed by atoms with Crippen molar-refractivity contribution < 1.29 is 14.7 Å². The van der Waals surface area contributed by atoms with Gasteiger partial charge in [-0.1, -0.05) is 11.6 Å². The van der Waals surface area contributed by atoms with Gasteiger partial charge in [0.15, 0.2) is 0 Å². The molecule has 0 aromatic carbocycles. The molecular weight excluding hydrogens is 246 g/mol. The molecule has 3 N–H and O–H groups in total. The minimum absolute atomic E-state index is 0.0585. The van der Waals surface area contributed by atoms with Crippen molar-refractivity contribution in [2.75, 3.05) is 11.4 Å². The molecule has 1 unspecified atom stereocenters. The van der Waals surface area contributed by atoms with Gasteiger partial charge in [0.2, 0.25) is 5.91 Å². The largest absolute Gasteiger partial charge is 0.478 e. The Morgan fingerprint density at radius 2 is 2.35 bits per heavy atom. The van der Waals surface area contributed by atoms with Crippen molar-refractivity contribution in [2.45, 2.75) is 12.5 Å². The van der Waals surface area contributed by atoms with E-state index < -0.39 is 5.97 Å². The van der Waals surface area contributed by atoms with E-state index >= 15 is 0 Å². The summed E-state index contributed by atoms with van der Waals surface area (Å²) in [4.78, 5) is 27.7. The zero-order chi connectivity index (χ0) is 12.6. The number of carbonyl (C=O) groups is 2. The first-order chi connectivity index (χ1) is 7.99. The Morgan fingerprint density at radius 3 is 2.88 bits per heavy atom. The first-order valence-electron chi connectivity index (χ1n) is 4.94. The van der Waals surface area contributed by atoms with Crippen LogP contribution in [0.25, 0.3) is 0 Å². The maximum atomic E-state index is 11.7. The Balaban J connectivity index is 2.46. The first-order valence-corrected chi connectivity index (χ1v) is 5.31. The number of hydrogen-bond acceptors (Lipinski definition) is 4. The average molecular weight is 256 g/mol. The smallest absolute Gasteiger partial charge is 0.339 e. The SMILES string of the molecule is NC1CC(=O)N(c2cc(Cl)ncc2C(=O)O)C1. The van der Waals surface area contributed by atoms with Crippen LogP contribution in [0.4, 0.5) is 5.69 Å². The summed E-state index contributed by atoms with van der Waals surface area (Å²) in [6, 6.07) is 1.08. The van der Waals surface area contributed by atoms with Crippen molar-refractivity contribution in [1.82, 2.24) is 4.98 Å². The Morgan fingerprint density at radius 1 is 1.65 bits per heavy atom. The van der Waals surface area contributed by atoms with Crippen LogP contribution in [0.3, 0.4) is 0 Å². The van der Waals surface area contributed by atoms with Gasteiger partial charge < -0.3 is 15.7 Å². The predicted molar refractivity (Wildman–Crippen MR) is 61.2 cm³/mol. The summed E-state index contributed by atoms with van der Waals surface area (Å²) >= 11 is 5.71. The number of hydrogen-bond donors (Lipinski definition) is 2. The lowest BCUT2D eigenvalue weighted by Gasteiger charge is -2.18. The van der Waals surface area contributed by atoms with Crippen molar-refractivity contribution in [1.29, 1.82) is 0 Å². The van der Waals surface area contributed by atoms with E-state index in [1.54, 1.807) is 0 Å². The second-order valence-corrected chi connectivity index (χ2v) is 4.19. The first kappa shape index (κ1) is 11.8. The molecule has 1 fully saturated rings. The van der Waals surface area contributed by atoms with Crippen LogP contribution in [-0.4, -0.2) is 34.6 Å². The van der Waals surface area contributed by atoms with E-state index in [0.717, 1.165) is 6.20 Å². The van der Waals surface area contributed by atoms with Gasteiger partial charge in [0.05, 0.1) is 5.69 Å². The van der Waals surface area contributed by atoms with E-state index in [1.807, 2.05) is 0 Å². The molecule has 0 saturated carbocycles. The molecule has 1 aliphatic heterocycles. The van der Waals surface area contributed by atoms with E-state index in [9.17, 15) is 9.59 Å². The number of anilines is 1. The summed E-state index contributed by atoms with van der Waals surface area (Å²) in [6.07, 6.45) is 1.34. The molecule has 1 amide bonds. The molecule has 1 aromatic heterocycles. The van der Waals surface area contributed by atoms with Crippen molar-refractivity contribution in [2.24, 2.45) is 5.73 Å². The average Bonchev–Trinajstić information content (AvgIpc) is 2.57. The molecule has 90 valence electrons. The summed E-state index contributed by atoms with van der Waals surface area (Å²) in [5.74, 6) is -1.36. The van der Waals surface area contributed by atoms with Crippen LogP contribution in [0.2, 0.25) is 5.15 Å². The number of aromatic carboxylic acids is 1. The molecule has 0 spiro atoms. The van der Waals surface area contributed by atoms with Gasteiger partial charge in [-0.3, -0.25) is 4.79 Å². The second-order valence-electron chi connectivity index (χ2n) is 3.80. The molecule has 1 aliphatic rings. The number of carboxylic acid groups (broad SMARTS) is 1. The molecule has 2 heterocycles. The molecule has 7 heteroatoms. The highest BCUT2D eigenvalue weighted by atomic mass is 35.5. The van der Waals surface area contributed by atoms with Crippen molar-refractivity contribution >= 4 is 29.2 Å². The number of carbonyl (C=O) groups excluding carboxylic acids is 1. The van der Waals surface area contributed by atoms with E-state index in [-0.39, 0.29) is 34.8 Å². The molecular formula is C10H10ClN3O3. The van der Waals surface area contributed by atoms with Gasteiger partial charge >= 0.3 is 5.97 Å². The van der Waals surface area contributed by atoms with Crippen LogP contribution in [0.5, 0.6) is 0 Å². The third-order valence-corrected chi connectivity index (χ3v) is 2.73. The molecule has 0 bridgehead atoms. The lowest BCUT2D eigenvalue weighted by Crippen LogP contribution is -2.29. The lowest BCUT2D eigenvalue weighted by molar-refractivity contribution is -0.117. The lowest BCUT2D eigenvalue weighted by atomic mass is 10.2.